The molecule has 0 fully saturated rings. The Morgan fingerprint density at radius 1 is 0.964 bits per heavy atom. The predicted molar refractivity (Wildman–Crippen MR) is 111 cm³/mol. The van der Waals surface area contributed by atoms with Gasteiger partial charge in [-0.2, -0.15) is 0 Å². The fraction of sp³-hybridized carbons (Fsp3) is 0.0870. The Bertz CT molecular complexity index is 1180. The van der Waals surface area contributed by atoms with Crippen molar-refractivity contribution in [1.29, 1.82) is 0 Å². The monoisotopic (exact) mass is 370 g/mol. The standard InChI is InChI=1S/C23H18N2O3/c1-14-12-17(25(26)27)13-15(2)23(14)28-16(3)22-18-8-4-6-10-20(18)24-21-11-7-5-9-19(21)22/h4-13H,3H2,1-2H3. The van der Waals surface area contributed by atoms with Gasteiger partial charge in [0.05, 0.1) is 16.0 Å². The first-order valence-electron chi connectivity index (χ1n) is 8.86. The molecule has 138 valence electrons. The number of fused-ring (bicyclic) bond motifs is 2. The van der Waals surface area contributed by atoms with E-state index in [1.54, 1.807) is 13.8 Å². The average molecular weight is 370 g/mol. The van der Waals surface area contributed by atoms with Crippen LogP contribution in [0.5, 0.6) is 5.75 Å². The van der Waals surface area contributed by atoms with Crippen LogP contribution < -0.4 is 4.74 Å². The van der Waals surface area contributed by atoms with Gasteiger partial charge >= 0.3 is 0 Å². The summed E-state index contributed by atoms with van der Waals surface area (Å²) in [6.07, 6.45) is 0. The smallest absolute Gasteiger partial charge is 0.270 e. The van der Waals surface area contributed by atoms with E-state index >= 15 is 0 Å². The van der Waals surface area contributed by atoms with Gasteiger partial charge in [0.25, 0.3) is 5.69 Å². The van der Waals surface area contributed by atoms with Crippen molar-refractivity contribution in [2.75, 3.05) is 0 Å². The molecule has 0 amide bonds. The number of para-hydroxylation sites is 2. The highest BCUT2D eigenvalue weighted by atomic mass is 16.6. The number of benzene rings is 3. The van der Waals surface area contributed by atoms with Crippen molar-refractivity contribution < 1.29 is 9.66 Å². The van der Waals surface area contributed by atoms with Crippen LogP contribution in [0.1, 0.15) is 16.7 Å². The fourth-order valence-electron chi connectivity index (χ4n) is 3.51. The van der Waals surface area contributed by atoms with Crippen molar-refractivity contribution in [3.05, 3.63) is 94.0 Å². The van der Waals surface area contributed by atoms with Gasteiger partial charge in [-0.15, -0.1) is 0 Å². The molecular formula is C23H18N2O3. The summed E-state index contributed by atoms with van der Waals surface area (Å²) in [7, 11) is 0. The van der Waals surface area contributed by atoms with Crippen molar-refractivity contribution in [3.63, 3.8) is 0 Å². The molecule has 4 rings (SSSR count). The summed E-state index contributed by atoms with van der Waals surface area (Å²) in [4.78, 5) is 15.4. The van der Waals surface area contributed by atoms with E-state index in [0.717, 1.165) is 27.4 Å². The van der Waals surface area contributed by atoms with E-state index in [9.17, 15) is 10.1 Å². The highest BCUT2D eigenvalue weighted by molar-refractivity contribution is 6.04. The van der Waals surface area contributed by atoms with Crippen LogP contribution in [0.3, 0.4) is 0 Å². The maximum Gasteiger partial charge on any atom is 0.270 e. The predicted octanol–water partition coefficient (Wildman–Crippen LogP) is 5.96. The lowest BCUT2D eigenvalue weighted by molar-refractivity contribution is -0.385. The number of ether oxygens (including phenoxy) is 1. The normalized spacial score (nSPS) is 10.9. The molecule has 5 heteroatoms. The molecule has 0 radical (unpaired) electrons. The molecule has 1 heterocycles. The van der Waals surface area contributed by atoms with Crippen LogP contribution in [0.15, 0.2) is 67.2 Å². The number of nitro benzene ring substituents is 1. The zero-order valence-electron chi connectivity index (χ0n) is 15.6. The number of aromatic nitrogens is 1. The Balaban J connectivity index is 1.87. The summed E-state index contributed by atoms with van der Waals surface area (Å²) in [6, 6.07) is 18.7. The molecule has 0 atom stereocenters. The quantitative estimate of drug-likeness (QED) is 0.192. The molecule has 0 bridgehead atoms. The first kappa shape index (κ1) is 17.7. The molecule has 0 spiro atoms. The van der Waals surface area contributed by atoms with E-state index in [4.69, 9.17) is 9.72 Å². The maximum absolute atomic E-state index is 11.1. The van der Waals surface area contributed by atoms with Crippen LogP contribution in [0, 0.1) is 24.0 Å². The third-order valence-corrected chi connectivity index (χ3v) is 4.75. The highest BCUT2D eigenvalue weighted by Crippen LogP contribution is 2.35. The highest BCUT2D eigenvalue weighted by Gasteiger charge is 2.17. The molecule has 28 heavy (non-hydrogen) atoms. The van der Waals surface area contributed by atoms with E-state index < -0.39 is 4.92 Å². The Hall–Kier alpha value is -3.73. The van der Waals surface area contributed by atoms with Crippen LogP contribution in [0.2, 0.25) is 0 Å². The first-order chi connectivity index (χ1) is 13.5. The topological polar surface area (TPSA) is 65.3 Å². The third-order valence-electron chi connectivity index (χ3n) is 4.75. The van der Waals surface area contributed by atoms with Gasteiger partial charge in [-0.3, -0.25) is 10.1 Å². The van der Waals surface area contributed by atoms with Gasteiger partial charge in [-0.25, -0.2) is 4.98 Å². The van der Waals surface area contributed by atoms with Crippen LogP contribution in [0.4, 0.5) is 5.69 Å². The van der Waals surface area contributed by atoms with Crippen LogP contribution in [-0.2, 0) is 0 Å². The number of rotatable bonds is 4. The molecule has 0 unspecified atom stereocenters. The largest absolute Gasteiger partial charge is 0.457 e. The van der Waals surface area contributed by atoms with Crippen molar-refractivity contribution >= 4 is 33.3 Å². The number of hydrogen-bond donors (Lipinski definition) is 0. The minimum Gasteiger partial charge on any atom is -0.457 e. The van der Waals surface area contributed by atoms with Gasteiger partial charge in [-0.1, -0.05) is 43.0 Å². The summed E-state index contributed by atoms with van der Waals surface area (Å²) in [5, 5.41) is 13.0. The Morgan fingerprint density at radius 2 is 1.46 bits per heavy atom. The number of non-ortho nitro benzene ring substituents is 1. The second-order valence-corrected chi connectivity index (χ2v) is 6.71. The lowest BCUT2D eigenvalue weighted by atomic mass is 10.0. The SMILES string of the molecule is C=C(Oc1c(C)cc([N+](=O)[O-])cc1C)c1c2ccccc2nc2ccccc12. The molecular weight excluding hydrogens is 352 g/mol. The van der Waals surface area contributed by atoms with Crippen molar-refractivity contribution in [2.45, 2.75) is 13.8 Å². The third kappa shape index (κ3) is 2.97. The van der Waals surface area contributed by atoms with Gasteiger partial charge < -0.3 is 4.74 Å². The zero-order chi connectivity index (χ0) is 19.8. The minimum absolute atomic E-state index is 0.0489. The molecule has 0 aliphatic carbocycles. The van der Waals surface area contributed by atoms with E-state index in [1.807, 2.05) is 48.5 Å². The van der Waals surface area contributed by atoms with E-state index in [1.165, 1.54) is 12.1 Å². The van der Waals surface area contributed by atoms with Crippen molar-refractivity contribution in [1.82, 2.24) is 4.98 Å². The Morgan fingerprint density at radius 3 is 1.96 bits per heavy atom. The van der Waals surface area contributed by atoms with E-state index in [2.05, 4.69) is 6.58 Å². The van der Waals surface area contributed by atoms with Gasteiger partial charge in [-0.05, 0) is 37.1 Å². The van der Waals surface area contributed by atoms with Gasteiger partial charge in [0.2, 0.25) is 0 Å². The zero-order valence-corrected chi connectivity index (χ0v) is 15.6. The Labute approximate surface area is 162 Å². The minimum atomic E-state index is -0.400. The molecule has 4 aromatic rings. The summed E-state index contributed by atoms with van der Waals surface area (Å²) in [5.74, 6) is 1.07. The Kier molecular flexibility index (Phi) is 4.28. The lowest BCUT2D eigenvalue weighted by Crippen LogP contribution is -2.01. The molecule has 3 aromatic carbocycles. The molecule has 0 N–H and O–H groups in total. The fourth-order valence-corrected chi connectivity index (χ4v) is 3.51. The molecule has 0 aliphatic rings. The lowest BCUT2D eigenvalue weighted by Gasteiger charge is -2.17. The molecule has 5 nitrogen and oxygen atoms in total. The first-order valence-corrected chi connectivity index (χ1v) is 8.86. The number of pyridine rings is 1. The second-order valence-electron chi connectivity index (χ2n) is 6.71. The van der Waals surface area contributed by atoms with Crippen LogP contribution in [-0.4, -0.2) is 9.91 Å². The summed E-state index contributed by atoms with van der Waals surface area (Å²) < 4.78 is 6.17. The van der Waals surface area contributed by atoms with E-state index in [-0.39, 0.29) is 5.69 Å². The number of nitro groups is 1. The van der Waals surface area contributed by atoms with Crippen LogP contribution >= 0.6 is 0 Å². The molecule has 0 aliphatic heterocycles. The summed E-state index contributed by atoms with van der Waals surface area (Å²) in [5.41, 5.74) is 4.02. The van der Waals surface area contributed by atoms with Crippen molar-refractivity contribution in [3.8, 4) is 5.75 Å². The summed E-state index contributed by atoms with van der Waals surface area (Å²) in [6.45, 7) is 7.77. The maximum atomic E-state index is 11.1. The second kappa shape index (κ2) is 6.78. The molecule has 1 aromatic heterocycles. The summed E-state index contributed by atoms with van der Waals surface area (Å²) >= 11 is 0. The number of hydrogen-bond acceptors (Lipinski definition) is 4. The van der Waals surface area contributed by atoms with E-state index in [0.29, 0.717) is 22.6 Å². The average Bonchev–Trinajstić information content (AvgIpc) is 2.68. The van der Waals surface area contributed by atoms with Crippen molar-refractivity contribution in [2.24, 2.45) is 0 Å². The van der Waals surface area contributed by atoms with Gasteiger partial charge in [0.1, 0.15) is 11.5 Å². The number of aryl methyl sites for hydroxylation is 2. The van der Waals surface area contributed by atoms with Crippen LogP contribution in [0.25, 0.3) is 27.6 Å². The molecule has 0 saturated carbocycles. The van der Waals surface area contributed by atoms with Gasteiger partial charge in [0.15, 0.2) is 0 Å². The van der Waals surface area contributed by atoms with Gasteiger partial charge in [0, 0.05) is 28.5 Å². The number of nitrogens with zero attached hydrogens (tertiary/aromatic N) is 2. The molecule has 0 saturated heterocycles.